The predicted octanol–water partition coefficient (Wildman–Crippen LogP) is 3.83. The fourth-order valence-corrected chi connectivity index (χ4v) is 3.52. The Morgan fingerprint density at radius 1 is 1.06 bits per heavy atom. The molecule has 0 unspecified atom stereocenters. The summed E-state index contributed by atoms with van der Waals surface area (Å²) in [6, 6.07) is 12.5. The minimum Gasteiger partial charge on any atom is -0.467 e. The number of amides is 3. The lowest BCUT2D eigenvalue weighted by atomic mass is 10.1. The zero-order valence-corrected chi connectivity index (χ0v) is 17.6. The van der Waals surface area contributed by atoms with E-state index < -0.39 is 30.3 Å². The number of nitrogens with one attached hydrogen (secondary N) is 1. The van der Waals surface area contributed by atoms with Crippen LogP contribution >= 0.6 is 11.6 Å². The van der Waals surface area contributed by atoms with E-state index >= 15 is 0 Å². The Balaban J connectivity index is 1.40. The second-order valence-electron chi connectivity index (χ2n) is 7.14. The molecular weight excluding hydrogens is 436 g/mol. The van der Waals surface area contributed by atoms with E-state index in [1.807, 2.05) is 6.92 Å². The van der Waals surface area contributed by atoms with Gasteiger partial charge in [0.1, 0.15) is 5.76 Å². The second kappa shape index (κ2) is 8.68. The highest BCUT2D eigenvalue weighted by Gasteiger charge is 2.36. The molecule has 162 valence electrons. The number of anilines is 1. The van der Waals surface area contributed by atoms with Crippen molar-refractivity contribution in [3.05, 3.63) is 87.8 Å². The topological polar surface area (TPSA) is 106 Å². The quantitative estimate of drug-likeness (QED) is 0.450. The molecule has 3 aromatic rings. The first kappa shape index (κ1) is 21.3. The Kier molecular flexibility index (Phi) is 5.79. The number of ether oxygens (including phenoxy) is 1. The van der Waals surface area contributed by atoms with Crippen molar-refractivity contribution in [1.82, 2.24) is 4.90 Å². The van der Waals surface area contributed by atoms with Crippen molar-refractivity contribution in [1.29, 1.82) is 0 Å². The molecule has 1 aliphatic heterocycles. The molecule has 0 spiro atoms. The number of esters is 1. The molecule has 1 aromatic heterocycles. The van der Waals surface area contributed by atoms with Gasteiger partial charge < -0.3 is 14.5 Å². The van der Waals surface area contributed by atoms with Crippen molar-refractivity contribution < 1.29 is 28.3 Å². The van der Waals surface area contributed by atoms with Crippen molar-refractivity contribution in [3.63, 3.8) is 0 Å². The van der Waals surface area contributed by atoms with Gasteiger partial charge in [0.05, 0.1) is 40.2 Å². The van der Waals surface area contributed by atoms with E-state index in [0.29, 0.717) is 16.5 Å². The first-order chi connectivity index (χ1) is 15.3. The van der Waals surface area contributed by atoms with E-state index in [0.717, 1.165) is 10.5 Å². The maximum Gasteiger partial charge on any atom is 0.338 e. The summed E-state index contributed by atoms with van der Waals surface area (Å²) in [5.41, 5.74) is 1.66. The molecule has 0 saturated heterocycles. The number of hydrogen-bond acceptors (Lipinski definition) is 6. The van der Waals surface area contributed by atoms with Gasteiger partial charge in [0.15, 0.2) is 6.61 Å². The monoisotopic (exact) mass is 452 g/mol. The molecule has 1 N–H and O–H groups in total. The van der Waals surface area contributed by atoms with E-state index in [-0.39, 0.29) is 23.2 Å². The fraction of sp³-hybridized carbons (Fsp3) is 0.130. The van der Waals surface area contributed by atoms with Gasteiger partial charge >= 0.3 is 5.97 Å². The van der Waals surface area contributed by atoms with E-state index in [1.54, 1.807) is 30.3 Å². The normalized spacial score (nSPS) is 12.6. The average molecular weight is 453 g/mol. The molecule has 0 aliphatic carbocycles. The summed E-state index contributed by atoms with van der Waals surface area (Å²) in [4.78, 5) is 50.7. The van der Waals surface area contributed by atoms with Crippen LogP contribution in [0, 0.1) is 6.92 Å². The summed E-state index contributed by atoms with van der Waals surface area (Å²) in [6.45, 7) is 1.31. The van der Waals surface area contributed by atoms with Crippen LogP contribution in [0.2, 0.25) is 5.02 Å². The lowest BCUT2D eigenvalue weighted by molar-refractivity contribution is -0.119. The first-order valence-electron chi connectivity index (χ1n) is 9.59. The van der Waals surface area contributed by atoms with Crippen molar-refractivity contribution in [2.24, 2.45) is 0 Å². The molecule has 0 saturated carbocycles. The average Bonchev–Trinajstić information content (AvgIpc) is 3.37. The fourth-order valence-electron chi connectivity index (χ4n) is 3.24. The van der Waals surface area contributed by atoms with Crippen molar-refractivity contribution >= 4 is 41.0 Å². The number of carbonyl (C=O) groups excluding carboxylic acids is 4. The molecule has 0 fully saturated rings. The Bertz CT molecular complexity index is 1240. The summed E-state index contributed by atoms with van der Waals surface area (Å²) in [7, 11) is 0. The Labute approximate surface area is 187 Å². The van der Waals surface area contributed by atoms with Crippen LogP contribution in [0.25, 0.3) is 0 Å². The zero-order chi connectivity index (χ0) is 22.8. The van der Waals surface area contributed by atoms with Crippen LogP contribution in [0.1, 0.15) is 42.4 Å². The summed E-state index contributed by atoms with van der Waals surface area (Å²) in [5, 5.41) is 2.93. The SMILES string of the molecule is Cc1ccc(NC(=O)COC(=O)c2ccc3c(c2)C(=O)N(Cc2ccco2)C3=O)c(Cl)c1. The number of fused-ring (bicyclic) bond motifs is 1. The second-order valence-corrected chi connectivity index (χ2v) is 7.55. The minimum atomic E-state index is -0.803. The highest BCUT2D eigenvalue weighted by molar-refractivity contribution is 6.33. The predicted molar refractivity (Wildman–Crippen MR) is 114 cm³/mol. The van der Waals surface area contributed by atoms with Crippen LogP contribution in [-0.2, 0) is 16.1 Å². The molecule has 1 aliphatic rings. The molecule has 32 heavy (non-hydrogen) atoms. The number of rotatable bonds is 6. The third-order valence-electron chi connectivity index (χ3n) is 4.83. The van der Waals surface area contributed by atoms with E-state index in [1.165, 1.54) is 24.5 Å². The highest BCUT2D eigenvalue weighted by atomic mass is 35.5. The zero-order valence-electron chi connectivity index (χ0n) is 16.9. The summed E-state index contributed by atoms with van der Waals surface area (Å²) in [6.07, 6.45) is 1.45. The van der Waals surface area contributed by atoms with E-state index in [4.69, 9.17) is 20.8 Å². The van der Waals surface area contributed by atoms with E-state index in [9.17, 15) is 19.2 Å². The van der Waals surface area contributed by atoms with Crippen LogP contribution in [-0.4, -0.2) is 35.2 Å². The molecule has 2 heterocycles. The van der Waals surface area contributed by atoms with Gasteiger partial charge in [-0.25, -0.2) is 4.79 Å². The first-order valence-corrected chi connectivity index (χ1v) is 9.97. The number of furan rings is 1. The molecule has 0 atom stereocenters. The number of imide groups is 1. The molecule has 4 rings (SSSR count). The Morgan fingerprint density at radius 2 is 1.84 bits per heavy atom. The number of halogens is 1. The highest BCUT2D eigenvalue weighted by Crippen LogP contribution is 2.26. The largest absolute Gasteiger partial charge is 0.467 e. The molecule has 3 amide bonds. The van der Waals surface area contributed by atoms with Gasteiger partial charge in [-0.3, -0.25) is 19.3 Å². The van der Waals surface area contributed by atoms with Gasteiger partial charge in [-0.15, -0.1) is 0 Å². The van der Waals surface area contributed by atoms with Crippen molar-refractivity contribution in [2.75, 3.05) is 11.9 Å². The van der Waals surface area contributed by atoms with Crippen LogP contribution in [0.3, 0.4) is 0 Å². The summed E-state index contributed by atoms with van der Waals surface area (Å²) < 4.78 is 10.2. The standard InChI is InChI=1S/C23H17ClN2O6/c1-13-4-7-19(18(24)9-13)25-20(27)12-32-23(30)14-5-6-16-17(10-14)22(29)26(21(16)28)11-15-3-2-8-31-15/h2-10H,11-12H2,1H3,(H,25,27). The Hall–Kier alpha value is -3.91. The van der Waals surface area contributed by atoms with Gasteiger partial charge in [-0.2, -0.15) is 0 Å². The van der Waals surface area contributed by atoms with Gasteiger partial charge in [0.25, 0.3) is 17.7 Å². The smallest absolute Gasteiger partial charge is 0.338 e. The molecule has 9 heteroatoms. The number of aryl methyl sites for hydroxylation is 1. The number of benzene rings is 2. The van der Waals surface area contributed by atoms with Gasteiger partial charge in [0, 0.05) is 0 Å². The number of hydrogen-bond donors (Lipinski definition) is 1. The number of carbonyl (C=O) groups is 4. The lowest BCUT2D eigenvalue weighted by Crippen LogP contribution is -2.28. The van der Waals surface area contributed by atoms with Crippen LogP contribution < -0.4 is 5.32 Å². The maximum atomic E-state index is 12.7. The lowest BCUT2D eigenvalue weighted by Gasteiger charge is -2.11. The molecule has 0 radical (unpaired) electrons. The van der Waals surface area contributed by atoms with Crippen molar-refractivity contribution in [2.45, 2.75) is 13.5 Å². The molecule has 8 nitrogen and oxygen atoms in total. The van der Waals surface area contributed by atoms with Gasteiger partial charge in [-0.05, 0) is 55.0 Å². The van der Waals surface area contributed by atoms with Gasteiger partial charge in [0.2, 0.25) is 0 Å². The summed E-state index contributed by atoms with van der Waals surface area (Å²) in [5.74, 6) is -1.93. The number of nitrogens with zero attached hydrogens (tertiary/aromatic N) is 1. The van der Waals surface area contributed by atoms with Crippen LogP contribution in [0.15, 0.2) is 59.2 Å². The third kappa shape index (κ3) is 4.26. The van der Waals surface area contributed by atoms with Crippen molar-refractivity contribution in [3.8, 4) is 0 Å². The third-order valence-corrected chi connectivity index (χ3v) is 5.15. The van der Waals surface area contributed by atoms with Crippen LogP contribution in [0.5, 0.6) is 0 Å². The van der Waals surface area contributed by atoms with Crippen LogP contribution in [0.4, 0.5) is 5.69 Å². The minimum absolute atomic E-state index is 0.0130. The summed E-state index contributed by atoms with van der Waals surface area (Å²) >= 11 is 6.08. The maximum absolute atomic E-state index is 12.7. The Morgan fingerprint density at radius 3 is 2.56 bits per heavy atom. The van der Waals surface area contributed by atoms with E-state index in [2.05, 4.69) is 5.32 Å². The molecule has 2 aromatic carbocycles. The molecule has 0 bridgehead atoms. The molecular formula is C23H17ClN2O6. The van der Waals surface area contributed by atoms with Gasteiger partial charge in [-0.1, -0.05) is 17.7 Å².